The van der Waals surface area contributed by atoms with Gasteiger partial charge in [0.15, 0.2) is 0 Å². The highest BCUT2D eigenvalue weighted by Gasteiger charge is 2.16. The molecule has 0 bridgehead atoms. The number of benzene rings is 1. The van der Waals surface area contributed by atoms with E-state index in [1.807, 2.05) is 26.8 Å². The highest BCUT2D eigenvalue weighted by molar-refractivity contribution is 5.97. The normalized spacial score (nSPS) is 11.7. The molecule has 0 saturated heterocycles. The van der Waals surface area contributed by atoms with E-state index < -0.39 is 5.91 Å². The van der Waals surface area contributed by atoms with Gasteiger partial charge in [-0.1, -0.05) is 12.1 Å². The SMILES string of the molecule is CC(C)(C)NC(=O)/C(C#N)=C\NCCc1ccc(F)cc1. The summed E-state index contributed by atoms with van der Waals surface area (Å²) < 4.78 is 12.7. The van der Waals surface area contributed by atoms with Gasteiger partial charge in [-0.15, -0.1) is 0 Å². The monoisotopic (exact) mass is 289 g/mol. The third kappa shape index (κ3) is 6.57. The molecule has 0 unspecified atom stereocenters. The van der Waals surface area contributed by atoms with Gasteiger partial charge in [-0.05, 0) is 44.9 Å². The third-order valence-electron chi connectivity index (χ3n) is 2.57. The first-order valence-electron chi connectivity index (χ1n) is 6.72. The van der Waals surface area contributed by atoms with Crippen LogP contribution in [0.5, 0.6) is 0 Å². The standard InChI is InChI=1S/C16H20FN3O/c1-16(2,3)20-15(21)13(10-18)11-19-9-8-12-4-6-14(17)7-5-12/h4-7,11,19H,8-9H2,1-3H3,(H,20,21)/b13-11-. The summed E-state index contributed by atoms with van der Waals surface area (Å²) in [7, 11) is 0. The average molecular weight is 289 g/mol. The maximum absolute atomic E-state index is 12.7. The number of nitriles is 1. The van der Waals surface area contributed by atoms with Gasteiger partial charge in [-0.3, -0.25) is 4.79 Å². The Hall–Kier alpha value is -2.35. The predicted octanol–water partition coefficient (Wildman–Crippen LogP) is 2.28. The topological polar surface area (TPSA) is 64.9 Å². The van der Waals surface area contributed by atoms with Crippen molar-refractivity contribution in [3.63, 3.8) is 0 Å². The number of carbonyl (C=O) groups excluding carboxylic acids is 1. The Morgan fingerprint density at radius 1 is 1.33 bits per heavy atom. The van der Waals surface area contributed by atoms with Gasteiger partial charge in [-0.25, -0.2) is 4.39 Å². The smallest absolute Gasteiger partial charge is 0.263 e. The second-order valence-corrected chi connectivity index (χ2v) is 5.70. The van der Waals surface area contributed by atoms with Crippen LogP contribution >= 0.6 is 0 Å². The van der Waals surface area contributed by atoms with Crippen molar-refractivity contribution in [1.29, 1.82) is 5.26 Å². The van der Waals surface area contributed by atoms with Crippen molar-refractivity contribution in [1.82, 2.24) is 10.6 Å². The van der Waals surface area contributed by atoms with E-state index >= 15 is 0 Å². The summed E-state index contributed by atoms with van der Waals surface area (Å²) >= 11 is 0. The van der Waals surface area contributed by atoms with Gasteiger partial charge >= 0.3 is 0 Å². The molecule has 0 saturated carbocycles. The third-order valence-corrected chi connectivity index (χ3v) is 2.57. The van der Waals surface area contributed by atoms with E-state index in [1.165, 1.54) is 18.3 Å². The lowest BCUT2D eigenvalue weighted by Crippen LogP contribution is -2.41. The average Bonchev–Trinajstić information content (AvgIpc) is 2.38. The summed E-state index contributed by atoms with van der Waals surface area (Å²) in [5, 5.41) is 14.6. The molecule has 1 aromatic rings. The first-order chi connectivity index (χ1) is 9.81. The Morgan fingerprint density at radius 3 is 2.48 bits per heavy atom. The predicted molar refractivity (Wildman–Crippen MR) is 79.7 cm³/mol. The Labute approximate surface area is 124 Å². The quantitative estimate of drug-likeness (QED) is 0.496. The number of hydrogen-bond donors (Lipinski definition) is 2. The first-order valence-corrected chi connectivity index (χ1v) is 6.72. The molecule has 1 aromatic carbocycles. The number of nitrogens with zero attached hydrogens (tertiary/aromatic N) is 1. The van der Waals surface area contributed by atoms with Crippen molar-refractivity contribution < 1.29 is 9.18 Å². The van der Waals surface area contributed by atoms with E-state index in [2.05, 4.69) is 10.6 Å². The number of rotatable bonds is 5. The lowest BCUT2D eigenvalue weighted by molar-refractivity contribution is -0.118. The molecule has 0 spiro atoms. The van der Waals surface area contributed by atoms with E-state index in [0.717, 1.165) is 5.56 Å². The molecular formula is C16H20FN3O. The van der Waals surface area contributed by atoms with E-state index in [9.17, 15) is 9.18 Å². The molecule has 5 heteroatoms. The zero-order chi connectivity index (χ0) is 15.9. The van der Waals surface area contributed by atoms with Gasteiger partial charge in [0.25, 0.3) is 5.91 Å². The van der Waals surface area contributed by atoms with Crippen LogP contribution in [-0.4, -0.2) is 18.0 Å². The Balaban J connectivity index is 2.48. The molecule has 1 amide bonds. The molecule has 0 fully saturated rings. The number of amides is 1. The van der Waals surface area contributed by atoms with Crippen LogP contribution in [0, 0.1) is 17.1 Å². The van der Waals surface area contributed by atoms with Crippen molar-refractivity contribution in [2.45, 2.75) is 32.7 Å². The van der Waals surface area contributed by atoms with Crippen LogP contribution in [0.15, 0.2) is 36.0 Å². The molecule has 0 aliphatic heterocycles. The maximum atomic E-state index is 12.7. The molecule has 112 valence electrons. The van der Waals surface area contributed by atoms with Gasteiger partial charge in [0.2, 0.25) is 0 Å². The molecular weight excluding hydrogens is 269 g/mol. The minimum Gasteiger partial charge on any atom is -0.389 e. The Kier molecular flexibility index (Phi) is 5.92. The maximum Gasteiger partial charge on any atom is 0.263 e. The molecule has 21 heavy (non-hydrogen) atoms. The van der Waals surface area contributed by atoms with E-state index in [-0.39, 0.29) is 16.9 Å². The zero-order valence-electron chi connectivity index (χ0n) is 12.5. The van der Waals surface area contributed by atoms with Crippen LogP contribution in [0.25, 0.3) is 0 Å². The lowest BCUT2D eigenvalue weighted by atomic mass is 10.1. The first kappa shape index (κ1) is 16.7. The van der Waals surface area contributed by atoms with Crippen molar-refractivity contribution in [3.05, 3.63) is 47.4 Å². The number of halogens is 1. The number of nitrogens with one attached hydrogen (secondary N) is 2. The summed E-state index contributed by atoms with van der Waals surface area (Å²) in [6.07, 6.45) is 2.08. The molecule has 0 aromatic heterocycles. The van der Waals surface area contributed by atoms with Crippen LogP contribution < -0.4 is 10.6 Å². The van der Waals surface area contributed by atoms with Crippen LogP contribution in [0.1, 0.15) is 26.3 Å². The van der Waals surface area contributed by atoms with Crippen LogP contribution in [-0.2, 0) is 11.2 Å². The molecule has 4 nitrogen and oxygen atoms in total. The second-order valence-electron chi connectivity index (χ2n) is 5.70. The summed E-state index contributed by atoms with van der Waals surface area (Å²) in [6, 6.07) is 8.09. The van der Waals surface area contributed by atoms with Crippen molar-refractivity contribution in [3.8, 4) is 6.07 Å². The minimum atomic E-state index is -0.403. The highest BCUT2D eigenvalue weighted by atomic mass is 19.1. The fourth-order valence-electron chi connectivity index (χ4n) is 1.60. The van der Waals surface area contributed by atoms with Gasteiger partial charge in [-0.2, -0.15) is 5.26 Å². The van der Waals surface area contributed by atoms with Gasteiger partial charge < -0.3 is 10.6 Å². The zero-order valence-corrected chi connectivity index (χ0v) is 12.5. The lowest BCUT2D eigenvalue weighted by Gasteiger charge is -2.20. The summed E-state index contributed by atoms with van der Waals surface area (Å²) in [4.78, 5) is 11.8. The molecule has 0 atom stereocenters. The molecule has 0 heterocycles. The van der Waals surface area contributed by atoms with Gasteiger partial charge in [0.05, 0.1) is 0 Å². The fraction of sp³-hybridized carbons (Fsp3) is 0.375. The van der Waals surface area contributed by atoms with Crippen molar-refractivity contribution in [2.24, 2.45) is 0 Å². The van der Waals surface area contributed by atoms with E-state index in [4.69, 9.17) is 5.26 Å². The molecule has 2 N–H and O–H groups in total. The summed E-state index contributed by atoms with van der Waals surface area (Å²) in [5.74, 6) is -0.670. The molecule has 0 aliphatic rings. The Bertz CT molecular complexity index is 550. The summed E-state index contributed by atoms with van der Waals surface area (Å²) in [5.41, 5.74) is 0.625. The van der Waals surface area contributed by atoms with Crippen molar-refractivity contribution in [2.75, 3.05) is 6.54 Å². The molecule has 0 radical (unpaired) electrons. The van der Waals surface area contributed by atoms with E-state index in [0.29, 0.717) is 13.0 Å². The molecule has 1 rings (SSSR count). The van der Waals surface area contributed by atoms with Crippen molar-refractivity contribution >= 4 is 5.91 Å². The highest BCUT2D eigenvalue weighted by Crippen LogP contribution is 2.03. The van der Waals surface area contributed by atoms with Gasteiger partial charge in [0.1, 0.15) is 17.5 Å². The largest absolute Gasteiger partial charge is 0.389 e. The second kappa shape index (κ2) is 7.44. The minimum absolute atomic E-state index is 0.0315. The summed E-state index contributed by atoms with van der Waals surface area (Å²) in [6.45, 7) is 6.10. The number of carbonyl (C=O) groups is 1. The van der Waals surface area contributed by atoms with Crippen LogP contribution in [0.3, 0.4) is 0 Å². The number of hydrogen-bond acceptors (Lipinski definition) is 3. The van der Waals surface area contributed by atoms with Gasteiger partial charge in [0, 0.05) is 18.3 Å². The van der Waals surface area contributed by atoms with Crippen LogP contribution in [0.4, 0.5) is 4.39 Å². The van der Waals surface area contributed by atoms with E-state index in [1.54, 1.807) is 12.1 Å². The fourth-order valence-corrected chi connectivity index (χ4v) is 1.60. The Morgan fingerprint density at radius 2 is 1.95 bits per heavy atom. The van der Waals surface area contributed by atoms with Crippen LogP contribution in [0.2, 0.25) is 0 Å². The molecule has 0 aliphatic carbocycles.